The number of nitrogen functional groups attached to an aromatic ring is 1. The maximum atomic E-state index is 13.2. The van der Waals surface area contributed by atoms with E-state index in [0.29, 0.717) is 0 Å². The predicted molar refractivity (Wildman–Crippen MR) is 78.9 cm³/mol. The minimum Gasteiger partial charge on any atom is -0.396 e. The Balaban J connectivity index is 3.11. The number of hydrogen-bond donors (Lipinski definition) is 2. The van der Waals surface area contributed by atoms with Gasteiger partial charge in [0.05, 0.1) is 10.7 Å². The summed E-state index contributed by atoms with van der Waals surface area (Å²) in [4.78, 5) is 11.2. The average Bonchev–Trinajstić information content (AvgIpc) is 2.41. The van der Waals surface area contributed by atoms with Gasteiger partial charge in [-0.3, -0.25) is 4.79 Å². The third-order valence-electron chi connectivity index (χ3n) is 2.96. The topological polar surface area (TPSA) is 92.5 Å². The minimum absolute atomic E-state index is 0.0460. The molecule has 0 aliphatic carbocycles. The standard InChI is InChI=1S/C12H17ClFN3O3S/c1-7(12(18)16-2)6-17(3)21(19,20)11-5-10(15)9(14)4-8(11)13/h4-5,7H,6,15H2,1-3H3,(H,16,18). The number of halogens is 2. The Bertz CT molecular complexity index is 651. The molecule has 0 aliphatic rings. The molecule has 0 spiro atoms. The molecule has 1 amide bonds. The van der Waals surface area contributed by atoms with Gasteiger partial charge in [-0.05, 0) is 12.1 Å². The summed E-state index contributed by atoms with van der Waals surface area (Å²) in [5.74, 6) is -1.63. The van der Waals surface area contributed by atoms with Crippen LogP contribution in [0, 0.1) is 11.7 Å². The van der Waals surface area contributed by atoms with Gasteiger partial charge >= 0.3 is 0 Å². The number of benzene rings is 1. The molecule has 0 fully saturated rings. The molecule has 6 nitrogen and oxygen atoms in total. The van der Waals surface area contributed by atoms with Crippen molar-refractivity contribution >= 4 is 33.2 Å². The highest BCUT2D eigenvalue weighted by molar-refractivity contribution is 7.89. The molecule has 1 rings (SSSR count). The van der Waals surface area contributed by atoms with Crippen LogP contribution in [-0.2, 0) is 14.8 Å². The molecule has 0 saturated carbocycles. The van der Waals surface area contributed by atoms with Crippen molar-refractivity contribution < 1.29 is 17.6 Å². The van der Waals surface area contributed by atoms with Gasteiger partial charge in [-0.1, -0.05) is 18.5 Å². The molecule has 1 unspecified atom stereocenters. The first-order valence-corrected chi connectivity index (χ1v) is 7.85. The first-order valence-electron chi connectivity index (χ1n) is 6.03. The summed E-state index contributed by atoms with van der Waals surface area (Å²) < 4.78 is 39.0. The van der Waals surface area contributed by atoms with Crippen molar-refractivity contribution in [3.63, 3.8) is 0 Å². The van der Waals surface area contributed by atoms with Crippen LogP contribution < -0.4 is 11.1 Å². The Morgan fingerprint density at radius 2 is 2.10 bits per heavy atom. The van der Waals surface area contributed by atoms with E-state index in [1.165, 1.54) is 14.1 Å². The van der Waals surface area contributed by atoms with E-state index in [9.17, 15) is 17.6 Å². The van der Waals surface area contributed by atoms with Gasteiger partial charge in [0, 0.05) is 26.6 Å². The molecule has 0 saturated heterocycles. The molecule has 9 heteroatoms. The molecule has 0 aliphatic heterocycles. The maximum absolute atomic E-state index is 13.2. The normalized spacial score (nSPS) is 13.2. The van der Waals surface area contributed by atoms with Gasteiger partial charge in [0.2, 0.25) is 15.9 Å². The number of nitrogens with zero attached hydrogens (tertiary/aromatic N) is 1. The van der Waals surface area contributed by atoms with Crippen LogP contribution in [0.2, 0.25) is 5.02 Å². The monoisotopic (exact) mass is 337 g/mol. The van der Waals surface area contributed by atoms with Crippen LogP contribution in [0.25, 0.3) is 0 Å². The third-order valence-corrected chi connectivity index (χ3v) is 5.25. The van der Waals surface area contributed by atoms with Crippen LogP contribution in [0.15, 0.2) is 17.0 Å². The van der Waals surface area contributed by atoms with Gasteiger partial charge in [0.15, 0.2) is 0 Å². The molecule has 21 heavy (non-hydrogen) atoms. The summed E-state index contributed by atoms with van der Waals surface area (Å²) in [7, 11) is -1.20. The van der Waals surface area contributed by atoms with Crippen LogP contribution in [0.3, 0.4) is 0 Å². The second-order valence-corrected chi connectivity index (χ2v) is 7.03. The maximum Gasteiger partial charge on any atom is 0.244 e. The fourth-order valence-corrected chi connectivity index (χ4v) is 3.50. The molecule has 1 atom stereocenters. The van der Waals surface area contributed by atoms with E-state index in [-0.39, 0.29) is 28.1 Å². The lowest BCUT2D eigenvalue weighted by molar-refractivity contribution is -0.124. The number of carbonyl (C=O) groups excluding carboxylic acids is 1. The van der Waals surface area contributed by atoms with Crippen LogP contribution in [-0.4, -0.2) is 39.3 Å². The lowest BCUT2D eigenvalue weighted by Crippen LogP contribution is -2.37. The first kappa shape index (κ1) is 17.7. The average molecular weight is 338 g/mol. The number of hydrogen-bond acceptors (Lipinski definition) is 4. The van der Waals surface area contributed by atoms with Gasteiger partial charge in [-0.15, -0.1) is 0 Å². The Hall–Kier alpha value is -1.38. The van der Waals surface area contributed by atoms with Crippen LogP contribution in [0.5, 0.6) is 0 Å². The van der Waals surface area contributed by atoms with Crippen molar-refractivity contribution in [2.24, 2.45) is 5.92 Å². The lowest BCUT2D eigenvalue weighted by atomic mass is 10.2. The molecule has 118 valence electrons. The summed E-state index contributed by atoms with van der Waals surface area (Å²) >= 11 is 5.78. The number of sulfonamides is 1. The SMILES string of the molecule is CNC(=O)C(C)CN(C)S(=O)(=O)c1cc(N)c(F)cc1Cl. The molecule has 0 radical (unpaired) electrons. The highest BCUT2D eigenvalue weighted by atomic mass is 35.5. The van der Waals surface area contributed by atoms with E-state index in [1.807, 2.05) is 0 Å². The minimum atomic E-state index is -3.97. The van der Waals surface area contributed by atoms with Crippen LogP contribution in [0.4, 0.5) is 10.1 Å². The van der Waals surface area contributed by atoms with E-state index in [2.05, 4.69) is 5.32 Å². The Labute approximate surface area is 128 Å². The smallest absolute Gasteiger partial charge is 0.244 e. The van der Waals surface area contributed by atoms with Gasteiger partial charge in [-0.2, -0.15) is 0 Å². The van der Waals surface area contributed by atoms with Gasteiger partial charge in [0.25, 0.3) is 0 Å². The molecular weight excluding hydrogens is 321 g/mol. The zero-order valence-corrected chi connectivity index (χ0v) is 13.4. The van der Waals surface area contributed by atoms with E-state index in [1.54, 1.807) is 6.92 Å². The summed E-state index contributed by atoms with van der Waals surface area (Å²) in [6.45, 7) is 1.54. The zero-order valence-electron chi connectivity index (χ0n) is 11.9. The van der Waals surface area contributed by atoms with Crippen molar-refractivity contribution in [3.05, 3.63) is 23.0 Å². The molecule has 0 bridgehead atoms. The number of amides is 1. The van der Waals surface area contributed by atoms with Crippen molar-refractivity contribution in [2.45, 2.75) is 11.8 Å². The Kier molecular flexibility index (Phi) is 5.54. The first-order chi connectivity index (χ1) is 9.61. The van der Waals surface area contributed by atoms with E-state index >= 15 is 0 Å². The van der Waals surface area contributed by atoms with E-state index in [4.69, 9.17) is 17.3 Å². The summed E-state index contributed by atoms with van der Waals surface area (Å²) in [6, 6.07) is 1.81. The van der Waals surface area contributed by atoms with Crippen LogP contribution in [0.1, 0.15) is 6.92 Å². The quantitative estimate of drug-likeness (QED) is 0.786. The van der Waals surface area contributed by atoms with E-state index < -0.39 is 21.8 Å². The number of nitrogens with two attached hydrogens (primary N) is 1. The van der Waals surface area contributed by atoms with Crippen molar-refractivity contribution in [1.29, 1.82) is 0 Å². The molecule has 0 heterocycles. The largest absolute Gasteiger partial charge is 0.396 e. The number of carbonyl (C=O) groups is 1. The molecular formula is C12H17ClFN3O3S. The Morgan fingerprint density at radius 1 is 1.52 bits per heavy atom. The third kappa shape index (κ3) is 3.84. The molecule has 1 aromatic rings. The zero-order chi connectivity index (χ0) is 16.4. The van der Waals surface area contributed by atoms with Crippen LogP contribution >= 0.6 is 11.6 Å². The summed E-state index contributed by atoms with van der Waals surface area (Å²) in [5, 5.41) is 2.17. The number of rotatable bonds is 5. The summed E-state index contributed by atoms with van der Waals surface area (Å²) in [6.07, 6.45) is 0. The second kappa shape index (κ2) is 6.59. The van der Waals surface area contributed by atoms with Gasteiger partial charge in [0.1, 0.15) is 10.7 Å². The van der Waals surface area contributed by atoms with E-state index in [0.717, 1.165) is 16.4 Å². The lowest BCUT2D eigenvalue weighted by Gasteiger charge is -2.21. The van der Waals surface area contributed by atoms with Gasteiger partial charge in [-0.25, -0.2) is 17.1 Å². The highest BCUT2D eigenvalue weighted by Gasteiger charge is 2.27. The number of anilines is 1. The second-order valence-electron chi connectivity index (χ2n) is 4.60. The number of nitrogens with one attached hydrogen (secondary N) is 1. The predicted octanol–water partition coefficient (Wildman–Crippen LogP) is 1.06. The fourth-order valence-electron chi connectivity index (χ4n) is 1.72. The molecule has 0 aromatic heterocycles. The van der Waals surface area contributed by atoms with Crippen molar-refractivity contribution in [1.82, 2.24) is 9.62 Å². The van der Waals surface area contributed by atoms with Crippen molar-refractivity contribution in [3.8, 4) is 0 Å². The Morgan fingerprint density at radius 3 is 2.62 bits per heavy atom. The highest BCUT2D eigenvalue weighted by Crippen LogP contribution is 2.28. The summed E-state index contributed by atoms with van der Waals surface area (Å²) in [5.41, 5.74) is 5.06. The molecule has 3 N–H and O–H groups in total. The van der Waals surface area contributed by atoms with Crippen molar-refractivity contribution in [2.75, 3.05) is 26.4 Å². The fraction of sp³-hybridized carbons (Fsp3) is 0.417. The van der Waals surface area contributed by atoms with Gasteiger partial charge < -0.3 is 11.1 Å². The molecule has 1 aromatic carbocycles.